The van der Waals surface area contributed by atoms with E-state index < -0.39 is 35.3 Å². The minimum atomic E-state index is -2.81. The van der Waals surface area contributed by atoms with Crippen LogP contribution in [0, 0.1) is 11.7 Å². The van der Waals surface area contributed by atoms with Gasteiger partial charge in [0.2, 0.25) is 5.91 Å². The van der Waals surface area contributed by atoms with Gasteiger partial charge in [0, 0.05) is 18.3 Å². The summed E-state index contributed by atoms with van der Waals surface area (Å²) in [7, 11) is 1.47. The molecule has 12 heteroatoms. The molecule has 4 rings (SSSR count). The SMILES string of the molecule is CN1C(=O)C2COCC2(c2cc(NC(=O)c3cnc(C(F)F)cn3)ccc2F)N=C1N. The first-order valence-corrected chi connectivity index (χ1v) is 9.15. The molecule has 2 aromatic rings. The molecule has 2 amide bonds. The molecule has 2 aliphatic rings. The summed E-state index contributed by atoms with van der Waals surface area (Å²) in [6.45, 7) is -0.0190. The summed E-state index contributed by atoms with van der Waals surface area (Å²) < 4.78 is 45.5. The number of guanidine groups is 1. The first kappa shape index (κ1) is 20.7. The lowest BCUT2D eigenvalue weighted by molar-refractivity contribution is -0.133. The summed E-state index contributed by atoms with van der Waals surface area (Å²) in [5, 5.41) is 2.51. The molecule has 2 unspecified atom stereocenters. The predicted octanol–water partition coefficient (Wildman–Crippen LogP) is 1.43. The Hall–Kier alpha value is -3.54. The first-order chi connectivity index (χ1) is 14.7. The number of nitrogens with zero attached hydrogens (tertiary/aromatic N) is 4. The van der Waals surface area contributed by atoms with Gasteiger partial charge in [-0.1, -0.05) is 0 Å². The molecule has 1 aromatic heterocycles. The summed E-state index contributed by atoms with van der Waals surface area (Å²) in [5.41, 5.74) is 3.96. The largest absolute Gasteiger partial charge is 0.378 e. The molecule has 0 saturated carbocycles. The van der Waals surface area contributed by atoms with Gasteiger partial charge in [-0.2, -0.15) is 0 Å². The third-order valence-electron chi connectivity index (χ3n) is 5.29. The van der Waals surface area contributed by atoms with Gasteiger partial charge in [0.1, 0.15) is 22.7 Å². The molecule has 0 spiro atoms. The van der Waals surface area contributed by atoms with Gasteiger partial charge in [0.25, 0.3) is 12.3 Å². The van der Waals surface area contributed by atoms with Gasteiger partial charge >= 0.3 is 0 Å². The highest BCUT2D eigenvalue weighted by Crippen LogP contribution is 2.44. The minimum absolute atomic E-state index is 0.0383. The lowest BCUT2D eigenvalue weighted by Crippen LogP contribution is -2.54. The number of halogens is 3. The Labute approximate surface area is 174 Å². The smallest absolute Gasteiger partial charge is 0.281 e. The third kappa shape index (κ3) is 3.48. The normalized spacial score (nSPS) is 23.0. The van der Waals surface area contributed by atoms with E-state index in [1.807, 2.05) is 0 Å². The van der Waals surface area contributed by atoms with E-state index in [1.165, 1.54) is 24.1 Å². The summed E-state index contributed by atoms with van der Waals surface area (Å²) in [5.74, 6) is -2.59. The van der Waals surface area contributed by atoms with Crippen molar-refractivity contribution in [3.63, 3.8) is 0 Å². The van der Waals surface area contributed by atoms with Crippen LogP contribution in [0.4, 0.5) is 18.9 Å². The molecule has 1 saturated heterocycles. The Morgan fingerprint density at radius 3 is 2.81 bits per heavy atom. The second kappa shape index (κ2) is 7.61. The molecule has 2 atom stereocenters. The summed E-state index contributed by atoms with van der Waals surface area (Å²) >= 11 is 0. The number of amides is 2. The fraction of sp³-hybridized carbons (Fsp3) is 0.316. The number of rotatable bonds is 4. The number of ether oxygens (including phenoxy) is 1. The molecular weight excluding hydrogens is 417 g/mol. The van der Waals surface area contributed by atoms with E-state index in [9.17, 15) is 22.8 Å². The monoisotopic (exact) mass is 434 g/mol. The summed E-state index contributed by atoms with van der Waals surface area (Å²) in [6, 6.07) is 3.77. The molecule has 0 bridgehead atoms. The van der Waals surface area contributed by atoms with E-state index in [4.69, 9.17) is 10.5 Å². The molecule has 3 heterocycles. The Morgan fingerprint density at radius 1 is 1.35 bits per heavy atom. The van der Waals surface area contributed by atoms with Crippen LogP contribution in [0.5, 0.6) is 0 Å². The highest BCUT2D eigenvalue weighted by atomic mass is 19.3. The van der Waals surface area contributed by atoms with Crippen LogP contribution in [0.2, 0.25) is 0 Å². The number of nitrogens with two attached hydrogens (primary N) is 1. The highest BCUT2D eigenvalue weighted by molar-refractivity contribution is 6.03. The van der Waals surface area contributed by atoms with Crippen LogP contribution in [0.1, 0.15) is 28.2 Å². The van der Waals surface area contributed by atoms with Gasteiger partial charge in [0.05, 0.1) is 31.5 Å². The quantitative estimate of drug-likeness (QED) is 0.751. The predicted molar refractivity (Wildman–Crippen MR) is 102 cm³/mol. The van der Waals surface area contributed by atoms with Crippen molar-refractivity contribution in [2.75, 3.05) is 25.6 Å². The number of aromatic nitrogens is 2. The topological polar surface area (TPSA) is 123 Å². The molecule has 3 N–H and O–H groups in total. The molecule has 1 aromatic carbocycles. The third-order valence-corrected chi connectivity index (χ3v) is 5.29. The Morgan fingerprint density at radius 2 is 2.13 bits per heavy atom. The van der Waals surface area contributed by atoms with E-state index in [1.54, 1.807) is 0 Å². The minimum Gasteiger partial charge on any atom is -0.378 e. The Kier molecular flexibility index (Phi) is 5.09. The van der Waals surface area contributed by atoms with Gasteiger partial charge < -0.3 is 15.8 Å². The van der Waals surface area contributed by atoms with E-state index >= 15 is 0 Å². The van der Waals surface area contributed by atoms with Gasteiger partial charge in [-0.3, -0.25) is 19.5 Å². The van der Waals surface area contributed by atoms with E-state index in [-0.39, 0.29) is 42.0 Å². The number of alkyl halides is 2. The molecular formula is C19H17F3N6O3. The van der Waals surface area contributed by atoms with Crippen molar-refractivity contribution in [1.29, 1.82) is 0 Å². The van der Waals surface area contributed by atoms with Crippen molar-refractivity contribution < 1.29 is 27.5 Å². The summed E-state index contributed by atoms with van der Waals surface area (Å²) in [6.07, 6.45) is -1.09. The van der Waals surface area contributed by atoms with E-state index in [0.29, 0.717) is 0 Å². The van der Waals surface area contributed by atoms with Crippen molar-refractivity contribution in [1.82, 2.24) is 14.9 Å². The average molecular weight is 434 g/mol. The number of carbonyl (C=O) groups excluding carboxylic acids is 2. The fourth-order valence-corrected chi connectivity index (χ4v) is 3.61. The molecule has 1 fully saturated rings. The number of nitrogens with one attached hydrogen (secondary N) is 1. The molecule has 0 radical (unpaired) electrons. The zero-order valence-corrected chi connectivity index (χ0v) is 16.2. The number of anilines is 1. The van der Waals surface area contributed by atoms with Crippen LogP contribution in [-0.4, -0.2) is 52.9 Å². The molecule has 162 valence electrons. The maximum absolute atomic E-state index is 14.8. The Bertz CT molecular complexity index is 1080. The first-order valence-electron chi connectivity index (χ1n) is 9.15. The van der Waals surface area contributed by atoms with Gasteiger partial charge in [0.15, 0.2) is 5.96 Å². The Balaban J connectivity index is 1.66. The van der Waals surface area contributed by atoms with Crippen LogP contribution < -0.4 is 11.1 Å². The zero-order chi connectivity index (χ0) is 22.3. The fourth-order valence-electron chi connectivity index (χ4n) is 3.61. The molecule has 9 nitrogen and oxygen atoms in total. The van der Waals surface area contributed by atoms with E-state index in [2.05, 4.69) is 20.3 Å². The van der Waals surface area contributed by atoms with Crippen molar-refractivity contribution in [2.45, 2.75) is 12.0 Å². The van der Waals surface area contributed by atoms with Crippen LogP contribution in [0.15, 0.2) is 35.6 Å². The van der Waals surface area contributed by atoms with Crippen molar-refractivity contribution in [3.05, 3.63) is 53.4 Å². The molecule has 2 aliphatic heterocycles. The lowest BCUT2D eigenvalue weighted by Gasteiger charge is -2.37. The van der Waals surface area contributed by atoms with Gasteiger partial charge in [-0.25, -0.2) is 23.1 Å². The average Bonchev–Trinajstić information content (AvgIpc) is 3.18. The van der Waals surface area contributed by atoms with Crippen molar-refractivity contribution >= 4 is 23.5 Å². The van der Waals surface area contributed by atoms with Crippen molar-refractivity contribution in [3.8, 4) is 0 Å². The number of aliphatic imine (C=N–C) groups is 1. The highest BCUT2D eigenvalue weighted by Gasteiger charge is 2.54. The second-order valence-corrected chi connectivity index (χ2v) is 7.14. The van der Waals surface area contributed by atoms with Crippen LogP contribution in [-0.2, 0) is 15.1 Å². The van der Waals surface area contributed by atoms with Crippen LogP contribution in [0.25, 0.3) is 0 Å². The number of hydrogen-bond donors (Lipinski definition) is 2. The zero-order valence-electron chi connectivity index (χ0n) is 16.2. The summed E-state index contributed by atoms with van der Waals surface area (Å²) in [4.78, 5) is 37.8. The maximum Gasteiger partial charge on any atom is 0.281 e. The number of fused-ring (bicyclic) bond motifs is 1. The number of carbonyl (C=O) groups is 2. The van der Waals surface area contributed by atoms with Crippen LogP contribution >= 0.6 is 0 Å². The standard InChI is InChI=1S/C19H17F3N6O3/c1-28-17(30)11-7-31-8-19(11,27-18(28)23)10-4-9(2-3-12(10)20)26-16(29)14-6-24-13(5-25-14)15(21)22/h2-6,11,15H,7-8H2,1H3,(H2,23,27)(H,26,29). The van der Waals surface area contributed by atoms with Crippen LogP contribution in [0.3, 0.4) is 0 Å². The van der Waals surface area contributed by atoms with Gasteiger partial charge in [-0.15, -0.1) is 0 Å². The second-order valence-electron chi connectivity index (χ2n) is 7.14. The van der Waals surface area contributed by atoms with Crippen molar-refractivity contribution in [2.24, 2.45) is 16.6 Å². The maximum atomic E-state index is 14.8. The lowest BCUT2D eigenvalue weighted by atomic mass is 9.78. The van der Waals surface area contributed by atoms with E-state index in [0.717, 1.165) is 18.5 Å². The molecule has 31 heavy (non-hydrogen) atoms. The number of hydrogen-bond acceptors (Lipinski definition) is 7. The van der Waals surface area contributed by atoms with Gasteiger partial charge in [-0.05, 0) is 18.2 Å². The number of benzene rings is 1. The molecule has 0 aliphatic carbocycles.